The molecule has 2 rings (SSSR count). The van der Waals surface area contributed by atoms with Gasteiger partial charge in [-0.3, -0.25) is 19.2 Å². The van der Waals surface area contributed by atoms with Gasteiger partial charge in [0.15, 0.2) is 36.4 Å². The van der Waals surface area contributed by atoms with E-state index in [9.17, 15) is 19.2 Å². The van der Waals surface area contributed by atoms with Crippen molar-refractivity contribution in [2.45, 2.75) is 143 Å². The Balaban J connectivity index is 1.59. The molecule has 0 aliphatic carbocycles. The summed E-state index contributed by atoms with van der Waals surface area (Å²) in [6.45, 7) is 6.37. The van der Waals surface area contributed by atoms with E-state index in [0.717, 1.165) is 37.1 Å². The molecule has 0 radical (unpaired) electrons. The quantitative estimate of drug-likeness (QED) is 0.0755. The number of rotatable bonds is 25. The number of ketones is 4. The van der Waals surface area contributed by atoms with Gasteiger partial charge in [0.2, 0.25) is 11.6 Å². The summed E-state index contributed by atoms with van der Waals surface area (Å²) in [6, 6.07) is 7.64. The Hall–Kier alpha value is -3.02. The van der Waals surface area contributed by atoms with Crippen LogP contribution in [0.2, 0.25) is 0 Å². The number of carbonyl (C=O) groups is 4. The highest BCUT2D eigenvalue weighted by molar-refractivity contribution is 6.38. The Morgan fingerprint density at radius 3 is 1.14 bits per heavy atom. The Labute approximate surface area is 253 Å². The van der Waals surface area contributed by atoms with Crippen LogP contribution >= 0.6 is 0 Å². The van der Waals surface area contributed by atoms with Gasteiger partial charge < -0.3 is 0 Å². The van der Waals surface area contributed by atoms with E-state index in [1.54, 1.807) is 0 Å². The van der Waals surface area contributed by atoms with Gasteiger partial charge in [0.1, 0.15) is 13.1 Å². The minimum Gasteiger partial charge on any atom is -0.291 e. The van der Waals surface area contributed by atoms with Crippen molar-refractivity contribution < 1.29 is 28.3 Å². The van der Waals surface area contributed by atoms with Crippen LogP contribution in [0.15, 0.2) is 49.1 Å². The fourth-order valence-electron chi connectivity index (χ4n) is 5.08. The number of nitrogens with zero attached hydrogens (tertiary/aromatic N) is 2. The summed E-state index contributed by atoms with van der Waals surface area (Å²) in [5.74, 6) is -1.61. The molecule has 0 atom stereocenters. The SMILES string of the molecule is CCCCCCCC[n+]1ccc(CC(=O)C(=O)CCCCC(=O)C(=O)Cc2cc[n+](CCCCCCCC)cc2)cc1. The third-order valence-corrected chi connectivity index (χ3v) is 7.87. The molecule has 0 bridgehead atoms. The van der Waals surface area contributed by atoms with Gasteiger partial charge in [0.05, 0.1) is 0 Å². The van der Waals surface area contributed by atoms with E-state index >= 15 is 0 Å². The van der Waals surface area contributed by atoms with Crippen LogP contribution in [0, 0.1) is 0 Å². The molecule has 2 aromatic rings. The lowest BCUT2D eigenvalue weighted by atomic mass is 10.0. The number of aryl methyl sites for hydroxylation is 2. The second-order valence-corrected chi connectivity index (χ2v) is 11.7. The van der Waals surface area contributed by atoms with E-state index < -0.39 is 23.1 Å². The highest BCUT2D eigenvalue weighted by Crippen LogP contribution is 2.09. The Morgan fingerprint density at radius 2 is 0.786 bits per heavy atom. The minimum absolute atomic E-state index is 0.101. The van der Waals surface area contributed by atoms with Crippen molar-refractivity contribution >= 4 is 23.1 Å². The Kier molecular flexibility index (Phi) is 18.1. The van der Waals surface area contributed by atoms with E-state index in [-0.39, 0.29) is 25.7 Å². The lowest BCUT2D eigenvalue weighted by molar-refractivity contribution is -0.697. The number of hydrogen-bond acceptors (Lipinski definition) is 4. The second kappa shape index (κ2) is 21.6. The van der Waals surface area contributed by atoms with Gasteiger partial charge in [-0.1, -0.05) is 65.2 Å². The number of aromatic nitrogens is 2. The normalized spacial score (nSPS) is 11.0. The van der Waals surface area contributed by atoms with E-state index in [0.29, 0.717) is 12.8 Å². The monoisotopic (exact) mass is 578 g/mol. The van der Waals surface area contributed by atoms with Gasteiger partial charge in [0.25, 0.3) is 0 Å². The first-order valence-electron chi connectivity index (χ1n) is 16.5. The molecular weight excluding hydrogens is 524 g/mol. The van der Waals surface area contributed by atoms with Crippen LogP contribution in [-0.2, 0) is 45.1 Å². The number of hydrogen-bond donors (Lipinski definition) is 0. The summed E-state index contributed by atoms with van der Waals surface area (Å²) in [5, 5.41) is 0. The number of Topliss-reactive ketones (excluding diaryl/α,β-unsaturated/α-hetero) is 4. The average Bonchev–Trinajstić information content (AvgIpc) is 3.00. The molecule has 42 heavy (non-hydrogen) atoms. The van der Waals surface area contributed by atoms with Gasteiger partial charge in [0, 0.05) is 62.8 Å². The second-order valence-electron chi connectivity index (χ2n) is 11.7. The lowest BCUT2D eigenvalue weighted by Crippen LogP contribution is -2.32. The molecule has 2 heterocycles. The largest absolute Gasteiger partial charge is 0.291 e. The molecule has 0 N–H and O–H groups in total. The van der Waals surface area contributed by atoms with Crippen molar-refractivity contribution in [1.82, 2.24) is 0 Å². The predicted octanol–water partition coefficient (Wildman–Crippen LogP) is 6.60. The number of carbonyl (C=O) groups excluding carboxylic acids is 4. The third-order valence-electron chi connectivity index (χ3n) is 7.87. The molecular formula is C36H54N2O4+2. The molecule has 0 saturated heterocycles. The van der Waals surface area contributed by atoms with Crippen LogP contribution in [0.1, 0.15) is 128 Å². The maximum Gasteiger partial charge on any atom is 0.202 e. The van der Waals surface area contributed by atoms with Crippen LogP contribution in [0.4, 0.5) is 0 Å². The molecule has 0 aliphatic rings. The summed E-state index contributed by atoms with van der Waals surface area (Å²) >= 11 is 0. The molecule has 6 heteroatoms. The fraction of sp³-hybridized carbons (Fsp3) is 0.611. The maximum absolute atomic E-state index is 12.4. The van der Waals surface area contributed by atoms with Crippen molar-refractivity contribution in [3.8, 4) is 0 Å². The zero-order chi connectivity index (χ0) is 30.4. The van der Waals surface area contributed by atoms with E-state index in [4.69, 9.17) is 0 Å². The molecule has 0 saturated carbocycles. The van der Waals surface area contributed by atoms with Crippen LogP contribution in [0.25, 0.3) is 0 Å². The summed E-state index contributed by atoms with van der Waals surface area (Å²) in [4.78, 5) is 49.4. The van der Waals surface area contributed by atoms with Gasteiger partial charge in [-0.05, 0) is 36.8 Å². The van der Waals surface area contributed by atoms with Crippen LogP contribution in [0.3, 0.4) is 0 Å². The highest BCUT2D eigenvalue weighted by atomic mass is 16.2. The van der Waals surface area contributed by atoms with Gasteiger partial charge in [-0.15, -0.1) is 0 Å². The molecule has 0 aromatic carbocycles. The average molecular weight is 579 g/mol. The standard InChI is InChI=1S/C36H54N2O4/c1-3-5-7-9-11-15-23-37-25-19-31(20-26-37)29-35(41)33(39)17-13-14-18-34(40)36(42)30-32-21-27-38(28-22-32)24-16-12-10-8-6-4-2/h19-22,25-28H,3-18,23-24,29-30H2,1-2H3/q+2. The fourth-order valence-corrected chi connectivity index (χ4v) is 5.08. The molecule has 0 unspecified atom stereocenters. The first-order valence-corrected chi connectivity index (χ1v) is 16.5. The molecule has 0 spiro atoms. The molecule has 6 nitrogen and oxygen atoms in total. The number of unbranched alkanes of at least 4 members (excludes halogenated alkanes) is 11. The molecule has 0 aliphatic heterocycles. The van der Waals surface area contributed by atoms with E-state index in [2.05, 4.69) is 23.0 Å². The molecule has 0 fully saturated rings. The van der Waals surface area contributed by atoms with Gasteiger partial charge in [-0.25, -0.2) is 9.13 Å². The van der Waals surface area contributed by atoms with Crippen molar-refractivity contribution in [3.05, 3.63) is 60.2 Å². The zero-order valence-electron chi connectivity index (χ0n) is 26.3. The van der Waals surface area contributed by atoms with Crippen LogP contribution in [0.5, 0.6) is 0 Å². The Bertz CT molecular complexity index is 989. The topological polar surface area (TPSA) is 76.0 Å². The van der Waals surface area contributed by atoms with Gasteiger partial charge >= 0.3 is 0 Å². The van der Waals surface area contributed by atoms with Crippen molar-refractivity contribution in [3.63, 3.8) is 0 Å². The smallest absolute Gasteiger partial charge is 0.202 e. The summed E-state index contributed by atoms with van der Waals surface area (Å²) in [6.07, 6.45) is 24.2. The first kappa shape index (κ1) is 35.2. The van der Waals surface area contributed by atoms with Crippen LogP contribution in [-0.4, -0.2) is 23.1 Å². The van der Waals surface area contributed by atoms with Crippen molar-refractivity contribution in [1.29, 1.82) is 0 Å². The number of pyridine rings is 2. The molecule has 0 amide bonds. The van der Waals surface area contributed by atoms with Crippen LogP contribution < -0.4 is 9.13 Å². The predicted molar refractivity (Wildman–Crippen MR) is 166 cm³/mol. The molecule has 2 aromatic heterocycles. The summed E-state index contributed by atoms with van der Waals surface area (Å²) in [7, 11) is 0. The maximum atomic E-state index is 12.4. The lowest BCUT2D eigenvalue weighted by Gasteiger charge is -2.03. The zero-order valence-corrected chi connectivity index (χ0v) is 26.3. The molecule has 230 valence electrons. The third kappa shape index (κ3) is 15.3. The highest BCUT2D eigenvalue weighted by Gasteiger charge is 2.17. The van der Waals surface area contributed by atoms with E-state index in [1.165, 1.54) is 64.2 Å². The first-order chi connectivity index (χ1) is 20.4. The minimum atomic E-state index is -0.406. The summed E-state index contributed by atoms with van der Waals surface area (Å²) in [5.41, 5.74) is 1.67. The van der Waals surface area contributed by atoms with Crippen molar-refractivity contribution in [2.24, 2.45) is 0 Å². The van der Waals surface area contributed by atoms with Crippen molar-refractivity contribution in [2.75, 3.05) is 0 Å². The van der Waals surface area contributed by atoms with E-state index in [1.807, 2.05) is 49.1 Å². The van der Waals surface area contributed by atoms with Gasteiger partial charge in [-0.2, -0.15) is 0 Å². The summed E-state index contributed by atoms with van der Waals surface area (Å²) < 4.78 is 4.25. The Morgan fingerprint density at radius 1 is 0.452 bits per heavy atom.